The highest BCUT2D eigenvalue weighted by Crippen LogP contribution is 2.45. The van der Waals surface area contributed by atoms with Crippen molar-refractivity contribution in [2.45, 2.75) is 57.4 Å². The Balaban J connectivity index is 1.47. The molecule has 1 unspecified atom stereocenters. The van der Waals surface area contributed by atoms with Crippen molar-refractivity contribution in [3.63, 3.8) is 0 Å². The van der Waals surface area contributed by atoms with Crippen LogP contribution in [0.15, 0.2) is 59.6 Å². The van der Waals surface area contributed by atoms with E-state index in [1.807, 2.05) is 6.07 Å². The van der Waals surface area contributed by atoms with Gasteiger partial charge in [-0.05, 0) is 63.3 Å². The van der Waals surface area contributed by atoms with Gasteiger partial charge in [0.2, 0.25) is 5.88 Å². The number of nitrogens with one attached hydrogen (secondary N) is 2. The topological polar surface area (TPSA) is 113 Å². The number of hydrogen-bond donors (Lipinski definition) is 2. The lowest BCUT2D eigenvalue weighted by atomic mass is 9.97. The van der Waals surface area contributed by atoms with Crippen molar-refractivity contribution in [2.75, 3.05) is 18.1 Å². The van der Waals surface area contributed by atoms with E-state index in [0.29, 0.717) is 30.0 Å². The molecule has 1 aliphatic heterocycles. The van der Waals surface area contributed by atoms with E-state index < -0.39 is 15.8 Å². The van der Waals surface area contributed by atoms with Gasteiger partial charge in [0.15, 0.2) is 15.7 Å². The van der Waals surface area contributed by atoms with Gasteiger partial charge < -0.3 is 9.64 Å². The lowest BCUT2D eigenvalue weighted by Crippen LogP contribution is -2.41. The molecule has 10 heteroatoms. The van der Waals surface area contributed by atoms with Crippen molar-refractivity contribution in [1.82, 2.24) is 19.5 Å². The van der Waals surface area contributed by atoms with Crippen LogP contribution in [0.25, 0.3) is 5.82 Å². The number of rotatable bonds is 8. The van der Waals surface area contributed by atoms with E-state index in [0.717, 1.165) is 13.0 Å². The monoisotopic (exact) mass is 522 g/mol. The highest BCUT2D eigenvalue weighted by Gasteiger charge is 2.40. The summed E-state index contributed by atoms with van der Waals surface area (Å²) in [5.41, 5.74) is 0.283. The van der Waals surface area contributed by atoms with Gasteiger partial charge in [-0.3, -0.25) is 9.52 Å². The van der Waals surface area contributed by atoms with Gasteiger partial charge in [0, 0.05) is 29.8 Å². The molecular weight excluding hydrogens is 488 g/mol. The van der Waals surface area contributed by atoms with Crippen LogP contribution in [0.5, 0.6) is 5.88 Å². The van der Waals surface area contributed by atoms with E-state index in [4.69, 9.17) is 14.5 Å². The number of aromatic nitrogens is 3. The van der Waals surface area contributed by atoms with Gasteiger partial charge >= 0.3 is 0 Å². The molecule has 3 aromatic rings. The van der Waals surface area contributed by atoms with Crippen molar-refractivity contribution in [3.05, 3.63) is 60.3 Å². The third-order valence-electron chi connectivity index (χ3n) is 7.22. The van der Waals surface area contributed by atoms with Gasteiger partial charge in [-0.1, -0.05) is 32.0 Å². The summed E-state index contributed by atoms with van der Waals surface area (Å²) >= 11 is 0. The van der Waals surface area contributed by atoms with Crippen LogP contribution in [0.1, 0.15) is 57.3 Å². The second-order valence-electron chi connectivity index (χ2n) is 11.3. The molecule has 1 saturated heterocycles. The van der Waals surface area contributed by atoms with E-state index in [1.165, 1.54) is 12.8 Å². The standard InChI is InChI=1S/C27H34N6O3S/c1-19-16-26(2,3)32(17-19)24-21(25(34)31-37(28,35)20-8-6-5-7-9-20)10-11-22(29-24)33-15-12-23(30-33)36-18-27(4)13-14-27/h5-12,15,19H,13-14,16-18H2,1-4H3,(H2,28,31,34,35)/t19-,37?/m0/s1. The van der Waals surface area contributed by atoms with Crippen molar-refractivity contribution >= 4 is 21.6 Å². The minimum atomic E-state index is -3.54. The van der Waals surface area contributed by atoms with Gasteiger partial charge in [0.1, 0.15) is 5.82 Å². The number of nitrogens with zero attached hydrogens (tertiary/aromatic N) is 4. The first-order valence-electron chi connectivity index (χ1n) is 12.6. The minimum Gasteiger partial charge on any atom is -0.476 e. The van der Waals surface area contributed by atoms with Crippen LogP contribution in [0, 0.1) is 16.1 Å². The summed E-state index contributed by atoms with van der Waals surface area (Å²) in [6, 6.07) is 13.5. The Labute approximate surface area is 218 Å². The molecule has 2 N–H and O–H groups in total. The molecule has 1 aromatic carbocycles. The molecule has 0 spiro atoms. The first-order chi connectivity index (χ1) is 17.5. The van der Waals surface area contributed by atoms with Crippen LogP contribution in [0.4, 0.5) is 5.82 Å². The highest BCUT2D eigenvalue weighted by atomic mass is 32.2. The van der Waals surface area contributed by atoms with E-state index in [2.05, 4.69) is 42.4 Å². The zero-order chi connectivity index (χ0) is 26.4. The average Bonchev–Trinajstić information content (AvgIpc) is 3.28. The van der Waals surface area contributed by atoms with Crippen molar-refractivity contribution in [1.29, 1.82) is 4.78 Å². The highest BCUT2D eigenvalue weighted by molar-refractivity contribution is 7.91. The maximum Gasteiger partial charge on any atom is 0.267 e. The van der Waals surface area contributed by atoms with Crippen LogP contribution in [-0.2, 0) is 9.92 Å². The summed E-state index contributed by atoms with van der Waals surface area (Å²) in [6.45, 7) is 9.99. The number of anilines is 1. The molecule has 1 aliphatic carbocycles. The SMILES string of the molecule is C[C@@H]1CN(c2nc(-n3ccc(OCC4(C)CC4)n3)ccc2C(=O)NS(=N)(=O)c2ccccc2)C(C)(C)C1. The van der Waals surface area contributed by atoms with Crippen LogP contribution in [0.3, 0.4) is 0 Å². The second-order valence-corrected chi connectivity index (χ2v) is 13.1. The molecule has 1 saturated carbocycles. The van der Waals surface area contributed by atoms with E-state index >= 15 is 0 Å². The molecule has 2 fully saturated rings. The zero-order valence-electron chi connectivity index (χ0n) is 21.7. The zero-order valence-corrected chi connectivity index (χ0v) is 22.5. The third-order valence-corrected chi connectivity index (χ3v) is 8.63. The Morgan fingerprint density at radius 1 is 1.16 bits per heavy atom. The Morgan fingerprint density at radius 3 is 2.54 bits per heavy atom. The maximum absolute atomic E-state index is 13.4. The van der Waals surface area contributed by atoms with Crippen molar-refractivity contribution < 1.29 is 13.7 Å². The van der Waals surface area contributed by atoms with Crippen LogP contribution in [-0.4, -0.2) is 43.6 Å². The fourth-order valence-electron chi connectivity index (χ4n) is 4.88. The smallest absolute Gasteiger partial charge is 0.267 e. The number of pyridine rings is 1. The number of hydrogen-bond acceptors (Lipinski definition) is 7. The number of carbonyl (C=O) groups excluding carboxylic acids is 1. The van der Waals surface area contributed by atoms with Gasteiger partial charge in [-0.25, -0.2) is 18.7 Å². The number of amides is 1. The summed E-state index contributed by atoms with van der Waals surface area (Å²) in [5, 5.41) is 4.54. The molecular formula is C27H34N6O3S. The summed E-state index contributed by atoms with van der Waals surface area (Å²) in [5.74, 6) is 1.37. The molecule has 37 heavy (non-hydrogen) atoms. The summed E-state index contributed by atoms with van der Waals surface area (Å²) in [4.78, 5) is 20.7. The fraction of sp³-hybridized carbons (Fsp3) is 0.444. The molecule has 2 atom stereocenters. The second kappa shape index (κ2) is 9.16. The van der Waals surface area contributed by atoms with Crippen LogP contribution in [0.2, 0.25) is 0 Å². The molecule has 2 aliphatic rings. The molecule has 0 radical (unpaired) electrons. The normalized spacial score (nSPS) is 21.3. The summed E-state index contributed by atoms with van der Waals surface area (Å²) < 4.78 is 31.4. The van der Waals surface area contributed by atoms with E-state index in [1.54, 1.807) is 53.3 Å². The number of carbonyl (C=O) groups is 1. The predicted octanol–water partition coefficient (Wildman–Crippen LogP) is 4.82. The first-order valence-corrected chi connectivity index (χ1v) is 14.2. The fourth-order valence-corrected chi connectivity index (χ4v) is 5.91. The average molecular weight is 523 g/mol. The van der Waals surface area contributed by atoms with Gasteiger partial charge in [0.05, 0.1) is 17.1 Å². The summed E-state index contributed by atoms with van der Waals surface area (Å²) in [6.07, 6.45) is 5.07. The van der Waals surface area contributed by atoms with Gasteiger partial charge in [0.25, 0.3) is 5.91 Å². The lowest BCUT2D eigenvalue weighted by molar-refractivity contribution is 0.0982. The molecule has 0 bridgehead atoms. The molecule has 196 valence electrons. The predicted molar refractivity (Wildman–Crippen MR) is 142 cm³/mol. The quantitative estimate of drug-likeness (QED) is 0.438. The maximum atomic E-state index is 13.4. The van der Waals surface area contributed by atoms with Gasteiger partial charge in [-0.15, -0.1) is 5.10 Å². The number of ether oxygens (including phenoxy) is 1. The van der Waals surface area contributed by atoms with Crippen molar-refractivity contribution in [2.24, 2.45) is 11.3 Å². The van der Waals surface area contributed by atoms with E-state index in [9.17, 15) is 9.00 Å². The molecule has 3 heterocycles. The van der Waals surface area contributed by atoms with Crippen LogP contribution >= 0.6 is 0 Å². The van der Waals surface area contributed by atoms with Crippen LogP contribution < -0.4 is 14.4 Å². The Bertz CT molecular complexity index is 1410. The van der Waals surface area contributed by atoms with E-state index in [-0.39, 0.29) is 21.4 Å². The van der Waals surface area contributed by atoms with Gasteiger partial charge in [-0.2, -0.15) is 0 Å². The first kappa shape index (κ1) is 25.3. The van der Waals surface area contributed by atoms with Crippen molar-refractivity contribution in [3.8, 4) is 11.7 Å². The molecule has 1 amide bonds. The summed E-state index contributed by atoms with van der Waals surface area (Å²) in [7, 11) is -3.54. The number of benzene rings is 1. The Morgan fingerprint density at radius 2 is 1.89 bits per heavy atom. The molecule has 5 rings (SSSR count). The largest absolute Gasteiger partial charge is 0.476 e. The Hall–Kier alpha value is -3.40. The minimum absolute atomic E-state index is 0.236. The molecule has 2 aromatic heterocycles. The lowest BCUT2D eigenvalue weighted by Gasteiger charge is -2.34. The third kappa shape index (κ3) is 5.34. The molecule has 9 nitrogen and oxygen atoms in total. The Kier molecular flexibility index (Phi) is 6.26.